The first-order chi connectivity index (χ1) is 37.9. The van der Waals surface area contributed by atoms with Crippen LogP contribution in [0.1, 0.15) is 61.8 Å². The second-order valence-corrected chi connectivity index (χ2v) is 20.6. The number of ketones is 1. The number of alkyl halides is 24. The Hall–Kier alpha value is -7.46. The Bertz CT molecular complexity index is 3010. The third-order valence-electron chi connectivity index (χ3n) is 12.5. The average Bonchev–Trinajstić information content (AvgIpc) is 1.77. The summed E-state index contributed by atoms with van der Waals surface area (Å²) < 4.78 is 360. The van der Waals surface area contributed by atoms with E-state index in [2.05, 4.69) is 0 Å². The summed E-state index contributed by atoms with van der Waals surface area (Å²) >= 11 is 0. The van der Waals surface area contributed by atoms with Crippen molar-refractivity contribution >= 4 is 43.7 Å². The molecule has 0 N–H and O–H groups in total. The molecule has 0 aliphatic rings. The topological polar surface area (TPSA) is 43.4 Å². The summed E-state index contributed by atoms with van der Waals surface area (Å²) in [6, 6.07) is 16.6. The maximum atomic E-state index is 14.2. The highest BCUT2D eigenvalue weighted by atomic mass is 32.2. The molecular formula is C54H33BF24O3S. The molecule has 0 atom stereocenters. The van der Waals surface area contributed by atoms with Crippen molar-refractivity contribution in [3.05, 3.63) is 208 Å². The van der Waals surface area contributed by atoms with E-state index in [-0.39, 0.29) is 11.5 Å². The van der Waals surface area contributed by atoms with Gasteiger partial charge in [-0.15, -0.1) is 0 Å². The average molecular weight is 1230 g/mol. The van der Waals surface area contributed by atoms with E-state index < -0.39 is 205 Å². The van der Waals surface area contributed by atoms with Crippen LogP contribution < -0.4 is 26.6 Å². The van der Waals surface area contributed by atoms with Crippen molar-refractivity contribution in [2.75, 3.05) is 12.4 Å². The lowest BCUT2D eigenvalue weighted by atomic mass is 9.12. The molecule has 0 saturated heterocycles. The number of carbonyl (C=O) groups is 1. The SMILES string of the molecule is CCOc1ccc(C(=O)C[S+](=O)(c2ccccc2)c2ccccc2)cc1.FC(F)(F)c1cc([B-](c2cc(C(F)(F)F)cc(C(F)(F)F)c2)(c2cc(C(F)(F)F)cc(C(F)(F)F)c2)c2cc(C(F)(F)F)cc(C(F)(F)F)c2)cc(C(F)(F)F)c1. The molecule has 0 aromatic heterocycles. The number of benzene rings is 7. The number of Topliss-reactive ketones (excluding diaryl/α,β-unsaturated/α-hetero) is 1. The van der Waals surface area contributed by atoms with Crippen LogP contribution in [0.3, 0.4) is 0 Å². The van der Waals surface area contributed by atoms with Gasteiger partial charge in [-0.1, -0.05) is 89.1 Å². The maximum Gasteiger partial charge on any atom is 0.416 e. The van der Waals surface area contributed by atoms with Crippen molar-refractivity contribution < 1.29 is 119 Å². The van der Waals surface area contributed by atoms with Gasteiger partial charge >= 0.3 is 49.4 Å². The number of hydrogen-bond acceptors (Lipinski definition) is 3. The minimum Gasteiger partial charge on any atom is -0.494 e. The molecular weight excluding hydrogens is 1200 g/mol. The zero-order valence-corrected chi connectivity index (χ0v) is 42.0. The zero-order chi connectivity index (χ0) is 62.3. The standard InChI is InChI=1S/C32H12BF24.C22H21O3S/c34-25(35,36)13-1-14(26(37,38)39)6-21(5-13)33(22-7-15(27(40,41)42)2-16(8-22)28(43,44)45,23-9-17(29(46,47)48)3-18(10-23)30(49,50)51)24-11-19(31(52,53)54)4-20(12-24)32(55,56)57;1-2-25-19-15-13-18(14-16-19)22(23)17-26(24,20-9-5-3-6-10-20)21-11-7-4-8-12-21/h1-12H;3-16H,2,17H2,1H3/q-1;+1. The van der Waals surface area contributed by atoms with E-state index in [4.69, 9.17) is 4.74 Å². The van der Waals surface area contributed by atoms with Crippen LogP contribution in [0.25, 0.3) is 0 Å². The van der Waals surface area contributed by atoms with E-state index in [0.717, 1.165) is 5.75 Å². The van der Waals surface area contributed by atoms with Crippen LogP contribution in [0, 0.1) is 0 Å². The Labute approximate surface area is 453 Å². The molecule has 7 rings (SSSR count). The zero-order valence-electron chi connectivity index (χ0n) is 41.2. The van der Waals surface area contributed by atoms with Gasteiger partial charge in [0, 0.05) is 5.56 Å². The van der Waals surface area contributed by atoms with Gasteiger partial charge in [0.1, 0.15) is 11.9 Å². The van der Waals surface area contributed by atoms with Crippen LogP contribution in [-0.4, -0.2) is 24.3 Å². The predicted molar refractivity (Wildman–Crippen MR) is 254 cm³/mol. The van der Waals surface area contributed by atoms with Gasteiger partial charge in [0.15, 0.2) is 25.5 Å². The monoisotopic (exact) mass is 1230 g/mol. The Morgan fingerprint density at radius 2 is 0.590 bits per heavy atom. The van der Waals surface area contributed by atoms with Gasteiger partial charge in [-0.2, -0.15) is 127 Å². The molecule has 83 heavy (non-hydrogen) atoms. The van der Waals surface area contributed by atoms with Crippen molar-refractivity contribution in [2.45, 2.75) is 66.1 Å². The normalized spacial score (nSPS) is 13.3. The van der Waals surface area contributed by atoms with Crippen LogP contribution in [0.4, 0.5) is 105 Å². The summed E-state index contributed by atoms with van der Waals surface area (Å²) in [5.41, 5.74) is -29.7. The number of hydrogen-bond donors (Lipinski definition) is 0. The van der Waals surface area contributed by atoms with E-state index >= 15 is 0 Å². The van der Waals surface area contributed by atoms with Crippen LogP contribution in [0.2, 0.25) is 0 Å². The smallest absolute Gasteiger partial charge is 0.416 e. The van der Waals surface area contributed by atoms with Crippen LogP contribution in [0.5, 0.6) is 5.75 Å². The summed E-state index contributed by atoms with van der Waals surface area (Å²) in [4.78, 5) is 14.2. The minimum absolute atomic E-state index is 0.0605. The number of rotatable bonds is 11. The number of carbonyl (C=O) groups excluding carboxylic acids is 1. The van der Waals surface area contributed by atoms with Crippen molar-refractivity contribution in [3.8, 4) is 5.75 Å². The Kier molecular flexibility index (Phi) is 17.9. The molecule has 0 aliphatic heterocycles. The van der Waals surface area contributed by atoms with E-state index in [9.17, 15) is 114 Å². The molecule has 0 spiro atoms. The summed E-state index contributed by atoms with van der Waals surface area (Å²) in [7, 11) is -2.69. The summed E-state index contributed by atoms with van der Waals surface area (Å²) in [6.45, 7) is 2.48. The lowest BCUT2D eigenvalue weighted by Crippen LogP contribution is -2.75. The molecule has 0 unspecified atom stereocenters. The molecule has 7 aromatic carbocycles. The van der Waals surface area contributed by atoms with Crippen LogP contribution >= 0.6 is 0 Å². The second kappa shape index (κ2) is 23.0. The highest BCUT2D eigenvalue weighted by Gasteiger charge is 2.47. The van der Waals surface area contributed by atoms with Gasteiger partial charge in [-0.3, -0.25) is 4.79 Å². The van der Waals surface area contributed by atoms with Gasteiger partial charge in [-0.25, -0.2) is 0 Å². The van der Waals surface area contributed by atoms with Gasteiger partial charge in [0.05, 0.1) is 51.1 Å². The Morgan fingerprint density at radius 3 is 0.795 bits per heavy atom. The first kappa shape index (κ1) is 64.7. The van der Waals surface area contributed by atoms with Gasteiger partial charge in [-0.05, 0) is 79.7 Å². The van der Waals surface area contributed by atoms with Gasteiger partial charge < -0.3 is 4.74 Å². The lowest BCUT2D eigenvalue weighted by molar-refractivity contribution is -0.144. The molecule has 3 nitrogen and oxygen atoms in total. The molecule has 0 fully saturated rings. The van der Waals surface area contributed by atoms with Crippen molar-refractivity contribution in [1.82, 2.24) is 0 Å². The second-order valence-electron chi connectivity index (χ2n) is 18.0. The van der Waals surface area contributed by atoms with E-state index in [1.165, 1.54) is 0 Å². The van der Waals surface area contributed by atoms with Crippen molar-refractivity contribution in [1.29, 1.82) is 0 Å². The van der Waals surface area contributed by atoms with Crippen molar-refractivity contribution in [3.63, 3.8) is 0 Å². The third-order valence-corrected chi connectivity index (χ3v) is 15.2. The fourth-order valence-electron chi connectivity index (χ4n) is 8.83. The Morgan fingerprint density at radius 1 is 0.361 bits per heavy atom. The Balaban J connectivity index is 0.000000352. The van der Waals surface area contributed by atoms with Crippen molar-refractivity contribution in [2.24, 2.45) is 0 Å². The summed E-state index contributed by atoms with van der Waals surface area (Å²) in [5, 5.41) is 0. The summed E-state index contributed by atoms with van der Waals surface area (Å²) in [5.74, 6) is 0.510. The van der Waals surface area contributed by atoms with Gasteiger partial charge in [0.25, 0.3) is 0 Å². The fourth-order valence-corrected chi connectivity index (χ4v) is 11.2. The largest absolute Gasteiger partial charge is 0.494 e. The predicted octanol–water partition coefficient (Wildman–Crippen LogP) is 16.1. The quantitative estimate of drug-likeness (QED) is 0.0561. The lowest BCUT2D eigenvalue weighted by Gasteiger charge is -2.46. The fraction of sp³-hybridized carbons (Fsp3) is 0.204. The van der Waals surface area contributed by atoms with E-state index in [0.29, 0.717) is 22.0 Å². The number of halogens is 24. The summed E-state index contributed by atoms with van der Waals surface area (Å²) in [6.07, 6.45) is -54.8. The van der Waals surface area contributed by atoms with Crippen LogP contribution in [-0.2, 0) is 63.6 Å². The molecule has 0 bridgehead atoms. The number of ether oxygens (including phenoxy) is 1. The molecule has 0 saturated carbocycles. The maximum absolute atomic E-state index is 14.2. The first-order valence-corrected chi connectivity index (χ1v) is 24.9. The molecule has 0 aliphatic carbocycles. The molecule has 0 heterocycles. The van der Waals surface area contributed by atoms with E-state index in [1.54, 1.807) is 24.3 Å². The highest BCUT2D eigenvalue weighted by molar-refractivity contribution is 8.03. The van der Waals surface area contributed by atoms with Gasteiger partial charge in [0.2, 0.25) is 5.78 Å². The minimum atomic E-state index is -6.13. The molecule has 7 aromatic rings. The molecule has 0 amide bonds. The molecule has 444 valence electrons. The van der Waals surface area contributed by atoms with Crippen LogP contribution in [0.15, 0.2) is 168 Å². The first-order valence-electron chi connectivity index (χ1n) is 23.1. The molecule has 0 radical (unpaired) electrons. The van der Waals surface area contributed by atoms with E-state index in [1.807, 2.05) is 67.6 Å². The molecule has 29 heteroatoms. The highest BCUT2D eigenvalue weighted by Crippen LogP contribution is 2.42. The third kappa shape index (κ3) is 14.8.